The minimum absolute atomic E-state index is 0. The number of hydrogen-bond acceptors (Lipinski definition) is 0. The second kappa shape index (κ2) is 13.4. The van der Waals surface area contributed by atoms with Crippen LogP contribution in [0.15, 0.2) is 96.1 Å². The van der Waals surface area contributed by atoms with Crippen molar-refractivity contribution in [2.45, 2.75) is 84.1 Å². The van der Waals surface area contributed by atoms with Gasteiger partial charge < -0.3 is 24.8 Å². The Kier molecular flexibility index (Phi) is 10.1. The molecule has 232 valence electrons. The molecule has 2 atom stereocenters. The molecule has 7 rings (SSSR count). The standard InChI is InChI=1S/2C20H21.C2H4.2ClH.Ti/c2*1-4-15-12-18-6-5-7-19(20(18)13-15)17-10-8-16(9-11-17)14(2)3;1-2;;;/h2*5-14H,4H2,1-3H3;1-2H2;2*1H;/q;;;;;+2/p-2. The van der Waals surface area contributed by atoms with Gasteiger partial charge in [-0.1, -0.05) is 0 Å². The zero-order valence-corrected chi connectivity index (χ0v) is 30.7. The SMILES string of the molecule is CCC1=Cc2c(-c3ccc(C(C)C)cc3)cccc2[CH]1[Ti+2]1([CH]2C(CC)=Cc3c(-c4ccc(C(C)C)cc4)cccc32)[CH2][CH2]1.[Cl-].[Cl-]. The molecule has 4 aromatic rings. The number of rotatable bonds is 8. The van der Waals surface area contributed by atoms with Gasteiger partial charge in [0.2, 0.25) is 0 Å². The van der Waals surface area contributed by atoms with Gasteiger partial charge in [0.05, 0.1) is 0 Å². The van der Waals surface area contributed by atoms with Crippen LogP contribution in [0.4, 0.5) is 0 Å². The fraction of sp³-hybridized carbons (Fsp3) is 0.333. The summed E-state index contributed by atoms with van der Waals surface area (Å²) in [5.74, 6) is 1.12. The van der Waals surface area contributed by atoms with Crippen molar-refractivity contribution in [1.29, 1.82) is 0 Å². The fourth-order valence-corrected chi connectivity index (χ4v) is 18.9. The van der Waals surface area contributed by atoms with Crippen LogP contribution in [-0.4, -0.2) is 0 Å². The van der Waals surface area contributed by atoms with Crippen molar-refractivity contribution in [3.05, 3.63) is 129 Å². The summed E-state index contributed by atoms with van der Waals surface area (Å²) < 4.78 is 4.33. The summed E-state index contributed by atoms with van der Waals surface area (Å²) in [6.07, 6.45) is 7.56. The molecular weight excluding hydrogens is 623 g/mol. The van der Waals surface area contributed by atoms with Crippen molar-refractivity contribution in [2.75, 3.05) is 0 Å². The first kappa shape index (κ1) is 34.0. The van der Waals surface area contributed by atoms with Crippen LogP contribution in [0, 0.1) is 0 Å². The molecule has 3 aliphatic rings. The molecule has 1 heterocycles. The summed E-state index contributed by atoms with van der Waals surface area (Å²) in [6.45, 7) is 13.9. The summed E-state index contributed by atoms with van der Waals surface area (Å²) in [7, 11) is 0. The van der Waals surface area contributed by atoms with E-state index in [0.717, 1.165) is 12.8 Å². The van der Waals surface area contributed by atoms with Crippen LogP contribution in [0.3, 0.4) is 0 Å². The van der Waals surface area contributed by atoms with Crippen LogP contribution in [-0.2, 0) is 16.6 Å². The predicted octanol–water partition coefficient (Wildman–Crippen LogP) is 6.68. The molecule has 0 radical (unpaired) electrons. The van der Waals surface area contributed by atoms with Crippen LogP contribution in [0.1, 0.15) is 108 Å². The minimum Gasteiger partial charge on any atom is -1.00 e. The van der Waals surface area contributed by atoms with Gasteiger partial charge in [-0.15, -0.1) is 0 Å². The zero-order chi connectivity index (χ0) is 29.9. The van der Waals surface area contributed by atoms with Gasteiger partial charge in [-0.2, -0.15) is 0 Å². The number of halogens is 2. The first-order valence-corrected chi connectivity index (χ1v) is 20.7. The van der Waals surface area contributed by atoms with Crippen LogP contribution in [0.2, 0.25) is 9.45 Å². The van der Waals surface area contributed by atoms with E-state index >= 15 is 0 Å². The maximum atomic E-state index is 2.62. The molecule has 0 bridgehead atoms. The average molecular weight is 670 g/mol. The van der Waals surface area contributed by atoms with Crippen molar-refractivity contribution >= 4 is 12.2 Å². The molecule has 0 nitrogen and oxygen atoms in total. The Hall–Kier alpha value is -2.35. The number of hydrogen-bond donors (Lipinski definition) is 0. The Labute approximate surface area is 287 Å². The normalized spacial score (nSPS) is 18.2. The molecule has 4 aromatic carbocycles. The predicted molar refractivity (Wildman–Crippen MR) is 184 cm³/mol. The first-order valence-electron chi connectivity index (χ1n) is 16.7. The van der Waals surface area contributed by atoms with Gasteiger partial charge in [0.25, 0.3) is 0 Å². The van der Waals surface area contributed by atoms with Gasteiger partial charge in [-0.25, -0.2) is 0 Å². The monoisotopic (exact) mass is 668 g/mol. The van der Waals surface area contributed by atoms with E-state index in [1.807, 2.05) is 0 Å². The molecule has 2 unspecified atom stereocenters. The third kappa shape index (κ3) is 5.76. The summed E-state index contributed by atoms with van der Waals surface area (Å²) in [5.41, 5.74) is 18.1. The zero-order valence-electron chi connectivity index (χ0n) is 27.6. The summed E-state index contributed by atoms with van der Waals surface area (Å²) in [6, 6.07) is 33.1. The van der Waals surface area contributed by atoms with Crippen LogP contribution in [0.25, 0.3) is 34.4 Å². The number of fused-ring (bicyclic) bond motifs is 2. The third-order valence-electron chi connectivity index (χ3n) is 10.9. The molecule has 1 aliphatic heterocycles. The smallest absolute Gasteiger partial charge is 1.00 e. The molecule has 45 heavy (non-hydrogen) atoms. The van der Waals surface area contributed by atoms with E-state index in [4.69, 9.17) is 0 Å². The maximum Gasteiger partial charge on any atom is -1.00 e. The summed E-state index contributed by atoms with van der Waals surface area (Å²) in [5, 5.41) is 0. The Morgan fingerprint density at radius 2 is 0.933 bits per heavy atom. The van der Waals surface area contributed by atoms with E-state index in [2.05, 4.69) is 139 Å². The van der Waals surface area contributed by atoms with Crippen molar-refractivity contribution in [3.63, 3.8) is 0 Å². The van der Waals surface area contributed by atoms with Gasteiger partial charge >= 0.3 is 265 Å². The molecule has 0 amide bonds. The van der Waals surface area contributed by atoms with E-state index in [1.165, 1.54) is 54.0 Å². The summed E-state index contributed by atoms with van der Waals surface area (Å²) >= 11 is -2.37. The molecule has 0 aromatic heterocycles. The van der Waals surface area contributed by atoms with E-state index in [1.54, 1.807) is 22.3 Å². The Morgan fingerprint density at radius 1 is 0.556 bits per heavy atom. The largest absolute Gasteiger partial charge is 1.00 e. The first-order chi connectivity index (χ1) is 20.9. The van der Waals surface area contributed by atoms with E-state index in [-0.39, 0.29) is 24.8 Å². The van der Waals surface area contributed by atoms with Gasteiger partial charge in [0.1, 0.15) is 0 Å². The van der Waals surface area contributed by atoms with Gasteiger partial charge in [-0.05, 0) is 0 Å². The van der Waals surface area contributed by atoms with Gasteiger partial charge in [-0.3, -0.25) is 0 Å². The molecule has 3 heteroatoms. The fourth-order valence-electron chi connectivity index (χ4n) is 8.39. The van der Waals surface area contributed by atoms with Crippen molar-refractivity contribution < 1.29 is 41.4 Å². The Balaban J connectivity index is 0.00000200. The number of allylic oxidation sites excluding steroid dienone is 2. The quantitative estimate of drug-likeness (QED) is 0.184. The van der Waals surface area contributed by atoms with E-state index in [0.29, 0.717) is 20.3 Å². The third-order valence-corrected chi connectivity index (χ3v) is 19.2. The molecular formula is C42H46Cl2Ti. The van der Waals surface area contributed by atoms with Crippen molar-refractivity contribution in [3.8, 4) is 22.3 Å². The molecule has 0 spiro atoms. The second-order valence-electron chi connectivity index (χ2n) is 13.9. The van der Waals surface area contributed by atoms with E-state index < -0.39 is 16.6 Å². The van der Waals surface area contributed by atoms with Gasteiger partial charge in [0, 0.05) is 0 Å². The number of benzene rings is 4. The van der Waals surface area contributed by atoms with Crippen molar-refractivity contribution in [2.24, 2.45) is 0 Å². The average Bonchev–Trinajstić information content (AvgIpc) is 3.56. The molecule has 1 fully saturated rings. The second-order valence-corrected chi connectivity index (χ2v) is 21.1. The van der Waals surface area contributed by atoms with Gasteiger partial charge in [0.15, 0.2) is 0 Å². The maximum absolute atomic E-state index is 2.62. The topological polar surface area (TPSA) is 0 Å². The van der Waals surface area contributed by atoms with Crippen LogP contribution >= 0.6 is 0 Å². The molecule has 1 saturated heterocycles. The summed E-state index contributed by atoms with van der Waals surface area (Å²) in [4.78, 5) is 0. The molecule has 0 saturated carbocycles. The van der Waals surface area contributed by atoms with E-state index in [9.17, 15) is 0 Å². The molecule has 2 aliphatic carbocycles. The Bertz CT molecular complexity index is 1610. The Morgan fingerprint density at radius 3 is 1.24 bits per heavy atom. The van der Waals surface area contributed by atoms with Crippen LogP contribution < -0.4 is 24.8 Å². The van der Waals surface area contributed by atoms with Crippen LogP contribution in [0.5, 0.6) is 0 Å². The molecule has 0 N–H and O–H groups in total. The minimum atomic E-state index is -2.37. The van der Waals surface area contributed by atoms with Crippen molar-refractivity contribution in [1.82, 2.24) is 0 Å².